The lowest BCUT2D eigenvalue weighted by atomic mass is 9.90. The summed E-state index contributed by atoms with van der Waals surface area (Å²) < 4.78 is 83.9. The molecular formula is C28H31ClF6N4O4S. The standard InChI is InChI=1S/C28H31ClF6N4O4S/c1-37(2)24(40)21-6-7-22(36-23(21)29)38-12-8-19(9-13-38)44-20-10-14-39(15-11-20)25(41)26(42,27(30,31)32)17-4-3-5-18(16-17)43-28(33,34)35/h3-7,16,19-20,42H,8-15H2,1-2H3. The van der Waals surface area contributed by atoms with E-state index in [-0.39, 0.29) is 34.6 Å². The number of likely N-dealkylation sites (tertiary alicyclic amines) is 1. The first-order valence-electron chi connectivity index (χ1n) is 13.7. The number of ether oxygens (including phenoxy) is 1. The Bertz CT molecular complexity index is 1350. The summed E-state index contributed by atoms with van der Waals surface area (Å²) in [5.74, 6) is -2.21. The lowest BCUT2D eigenvalue weighted by molar-refractivity contribution is -0.274. The molecule has 44 heavy (non-hydrogen) atoms. The van der Waals surface area contributed by atoms with E-state index in [0.29, 0.717) is 43.4 Å². The number of benzene rings is 1. The van der Waals surface area contributed by atoms with Gasteiger partial charge >= 0.3 is 12.5 Å². The molecule has 1 unspecified atom stereocenters. The first-order chi connectivity index (χ1) is 20.5. The SMILES string of the molecule is CN(C)C(=O)c1ccc(N2CCC(SC3CCN(C(=O)C(O)(c4cccc(OC(F)(F)F)c4)C(F)(F)F)CC3)CC2)nc1Cl. The Balaban J connectivity index is 1.33. The van der Waals surface area contributed by atoms with Gasteiger partial charge in [-0.25, -0.2) is 4.98 Å². The van der Waals surface area contributed by atoms with Crippen molar-refractivity contribution in [1.29, 1.82) is 0 Å². The van der Waals surface area contributed by atoms with E-state index >= 15 is 0 Å². The number of halogens is 7. The van der Waals surface area contributed by atoms with E-state index < -0.39 is 35.4 Å². The third-order valence-electron chi connectivity index (χ3n) is 7.56. The van der Waals surface area contributed by atoms with Gasteiger partial charge in [0, 0.05) is 56.3 Å². The number of thioether (sulfide) groups is 1. The highest BCUT2D eigenvalue weighted by Gasteiger charge is 2.62. The fourth-order valence-corrected chi connectivity index (χ4v) is 6.99. The molecular weight excluding hydrogens is 638 g/mol. The maximum atomic E-state index is 14.1. The summed E-state index contributed by atoms with van der Waals surface area (Å²) >= 11 is 7.97. The highest BCUT2D eigenvalue weighted by molar-refractivity contribution is 8.00. The first-order valence-corrected chi connectivity index (χ1v) is 15.0. The van der Waals surface area contributed by atoms with Crippen molar-refractivity contribution >= 4 is 41.0 Å². The van der Waals surface area contributed by atoms with Crippen molar-refractivity contribution < 1.29 is 45.8 Å². The summed E-state index contributed by atoms with van der Waals surface area (Å²) in [4.78, 5) is 34.1. The van der Waals surface area contributed by atoms with Crippen molar-refractivity contribution in [2.75, 3.05) is 45.2 Å². The van der Waals surface area contributed by atoms with Gasteiger partial charge in [-0.1, -0.05) is 23.7 Å². The molecule has 1 N–H and O–H groups in total. The van der Waals surface area contributed by atoms with E-state index in [9.17, 15) is 41.0 Å². The number of amides is 2. The Morgan fingerprint density at radius 1 is 0.977 bits per heavy atom. The van der Waals surface area contributed by atoms with Crippen LogP contribution >= 0.6 is 23.4 Å². The molecule has 2 aliphatic rings. The number of rotatable bonds is 7. The van der Waals surface area contributed by atoms with E-state index in [1.165, 1.54) is 4.90 Å². The maximum Gasteiger partial charge on any atom is 0.573 e. The van der Waals surface area contributed by atoms with Crippen LogP contribution in [0, 0.1) is 0 Å². The zero-order valence-corrected chi connectivity index (χ0v) is 25.4. The number of anilines is 1. The van der Waals surface area contributed by atoms with Crippen LogP contribution in [0.15, 0.2) is 36.4 Å². The monoisotopic (exact) mass is 668 g/mol. The van der Waals surface area contributed by atoms with Crippen LogP contribution in [-0.4, -0.2) is 95.0 Å². The van der Waals surface area contributed by atoms with Crippen LogP contribution in [0.5, 0.6) is 5.75 Å². The van der Waals surface area contributed by atoms with Crippen LogP contribution in [0.25, 0.3) is 0 Å². The molecule has 8 nitrogen and oxygen atoms in total. The molecule has 1 aromatic heterocycles. The van der Waals surface area contributed by atoms with E-state index in [2.05, 4.69) is 14.6 Å². The first kappa shape index (κ1) is 34.0. The van der Waals surface area contributed by atoms with Crippen molar-refractivity contribution in [3.63, 3.8) is 0 Å². The number of hydrogen-bond donors (Lipinski definition) is 1. The molecule has 1 atom stereocenters. The molecule has 0 spiro atoms. The summed E-state index contributed by atoms with van der Waals surface area (Å²) in [7, 11) is 3.25. The molecule has 0 bridgehead atoms. The number of carbonyl (C=O) groups is 2. The minimum absolute atomic E-state index is 0.0487. The van der Waals surface area contributed by atoms with E-state index in [1.54, 1.807) is 38.0 Å². The largest absolute Gasteiger partial charge is 0.573 e. The summed E-state index contributed by atoms with van der Waals surface area (Å²) in [5.41, 5.74) is -4.79. The molecule has 16 heteroatoms. The van der Waals surface area contributed by atoms with Crippen molar-refractivity contribution in [2.45, 2.75) is 54.3 Å². The lowest BCUT2D eigenvalue weighted by Crippen LogP contribution is -2.57. The highest BCUT2D eigenvalue weighted by Crippen LogP contribution is 2.43. The summed E-state index contributed by atoms with van der Waals surface area (Å²) in [6.45, 7) is 1.28. The van der Waals surface area contributed by atoms with Crippen LogP contribution in [0.1, 0.15) is 41.6 Å². The molecule has 2 amide bonds. The molecule has 3 heterocycles. The van der Waals surface area contributed by atoms with Crippen molar-refractivity contribution in [3.8, 4) is 5.75 Å². The van der Waals surface area contributed by atoms with Crippen LogP contribution in [-0.2, 0) is 10.4 Å². The normalized spacial score (nSPS) is 18.6. The molecule has 2 aromatic rings. The Morgan fingerprint density at radius 3 is 2.09 bits per heavy atom. The lowest BCUT2D eigenvalue weighted by Gasteiger charge is -2.40. The fourth-order valence-electron chi connectivity index (χ4n) is 5.24. The van der Waals surface area contributed by atoms with Crippen LogP contribution in [0.3, 0.4) is 0 Å². The molecule has 0 saturated carbocycles. The quantitative estimate of drug-likeness (QED) is 0.309. The topological polar surface area (TPSA) is 86.2 Å². The number of nitrogens with zero attached hydrogens (tertiary/aromatic N) is 4. The van der Waals surface area contributed by atoms with E-state index in [4.69, 9.17) is 11.6 Å². The van der Waals surface area contributed by atoms with Crippen LogP contribution in [0.4, 0.5) is 32.2 Å². The molecule has 0 radical (unpaired) electrons. The zero-order chi connectivity index (χ0) is 32.4. The van der Waals surface area contributed by atoms with Crippen molar-refractivity contribution in [2.24, 2.45) is 0 Å². The predicted octanol–water partition coefficient (Wildman–Crippen LogP) is 5.48. The zero-order valence-electron chi connectivity index (χ0n) is 23.8. The van der Waals surface area contributed by atoms with Gasteiger partial charge in [-0.15, -0.1) is 13.2 Å². The Labute approximate surface area is 259 Å². The molecule has 2 aliphatic heterocycles. The molecule has 242 valence electrons. The fraction of sp³-hybridized carbons (Fsp3) is 0.536. The molecule has 1 aromatic carbocycles. The number of aliphatic hydroxyl groups is 1. The van der Waals surface area contributed by atoms with Gasteiger partial charge in [-0.05, 0) is 49.9 Å². The Morgan fingerprint density at radius 2 is 1.57 bits per heavy atom. The van der Waals surface area contributed by atoms with Crippen molar-refractivity contribution in [1.82, 2.24) is 14.8 Å². The van der Waals surface area contributed by atoms with E-state index in [0.717, 1.165) is 35.9 Å². The van der Waals surface area contributed by atoms with Crippen LogP contribution in [0.2, 0.25) is 5.15 Å². The van der Waals surface area contributed by atoms with Gasteiger partial charge in [0.1, 0.15) is 16.7 Å². The average molecular weight is 669 g/mol. The smallest absolute Gasteiger partial charge is 0.406 e. The third kappa shape index (κ3) is 7.65. The number of piperidine rings is 2. The van der Waals surface area contributed by atoms with Gasteiger partial charge in [0.2, 0.25) is 0 Å². The van der Waals surface area contributed by atoms with Gasteiger partial charge in [0.25, 0.3) is 17.4 Å². The van der Waals surface area contributed by atoms with Gasteiger partial charge in [0.05, 0.1) is 5.56 Å². The predicted molar refractivity (Wildman–Crippen MR) is 153 cm³/mol. The van der Waals surface area contributed by atoms with Gasteiger partial charge in [-0.3, -0.25) is 9.59 Å². The molecule has 2 saturated heterocycles. The Kier molecular flexibility index (Phi) is 10.2. The molecule has 4 rings (SSSR count). The molecule has 2 fully saturated rings. The third-order valence-corrected chi connectivity index (χ3v) is 9.56. The average Bonchev–Trinajstić information content (AvgIpc) is 2.95. The highest BCUT2D eigenvalue weighted by atomic mass is 35.5. The number of hydrogen-bond acceptors (Lipinski definition) is 7. The second-order valence-corrected chi connectivity index (χ2v) is 12.8. The van der Waals surface area contributed by atoms with Gasteiger partial charge in [-0.2, -0.15) is 24.9 Å². The minimum Gasteiger partial charge on any atom is -0.406 e. The maximum absolute atomic E-state index is 14.1. The number of carbonyl (C=O) groups excluding carboxylic acids is 2. The van der Waals surface area contributed by atoms with Gasteiger partial charge in [0.15, 0.2) is 0 Å². The number of aromatic nitrogens is 1. The number of pyridine rings is 1. The molecule has 0 aliphatic carbocycles. The minimum atomic E-state index is -5.50. The van der Waals surface area contributed by atoms with Crippen LogP contribution < -0.4 is 9.64 Å². The van der Waals surface area contributed by atoms with Crippen molar-refractivity contribution in [3.05, 3.63) is 52.7 Å². The number of alkyl halides is 6. The second-order valence-electron chi connectivity index (χ2n) is 10.8. The second kappa shape index (κ2) is 13.2. The van der Waals surface area contributed by atoms with E-state index in [1.807, 2.05) is 0 Å². The van der Waals surface area contributed by atoms with Gasteiger partial charge < -0.3 is 24.5 Å². The summed E-state index contributed by atoms with van der Waals surface area (Å²) in [5, 5.41) is 11.2. The Hall–Kier alpha value is -2.91. The summed E-state index contributed by atoms with van der Waals surface area (Å²) in [6.07, 6.45) is -8.27. The summed E-state index contributed by atoms with van der Waals surface area (Å²) in [6, 6.07) is 6.14.